The summed E-state index contributed by atoms with van der Waals surface area (Å²) in [5.74, 6) is -0.396. The molecule has 154 valence electrons. The predicted octanol–water partition coefficient (Wildman–Crippen LogP) is 4.10. The minimum absolute atomic E-state index is 0.114. The van der Waals surface area contributed by atoms with Gasteiger partial charge in [0, 0.05) is 6.54 Å². The molecule has 0 saturated carbocycles. The predicted molar refractivity (Wildman–Crippen MR) is 94.0 cm³/mol. The van der Waals surface area contributed by atoms with Crippen molar-refractivity contribution in [1.82, 2.24) is 4.31 Å². The average molecular weight is 440 g/mol. The zero-order chi connectivity index (χ0) is 20.9. The molecule has 0 aliphatic rings. The Balaban J connectivity index is 2.40. The molecule has 0 amide bonds. The van der Waals surface area contributed by atoms with E-state index in [-0.39, 0.29) is 36.9 Å². The van der Waals surface area contributed by atoms with Gasteiger partial charge in [-0.05, 0) is 37.3 Å². The normalized spacial score (nSPS) is 12.4. The van der Waals surface area contributed by atoms with E-state index in [4.69, 9.17) is 20.8 Å². The van der Waals surface area contributed by atoms with Gasteiger partial charge >= 0.3 is 12.1 Å². The summed E-state index contributed by atoms with van der Waals surface area (Å²) >= 11 is 5.88. The number of hydrogen-bond donors (Lipinski definition) is 0. The summed E-state index contributed by atoms with van der Waals surface area (Å²) < 4.78 is 75.8. The van der Waals surface area contributed by atoms with Gasteiger partial charge in [0.2, 0.25) is 10.0 Å². The molecular formula is C17H17ClF3NO5S. The lowest BCUT2D eigenvalue weighted by atomic mass is 10.2. The van der Waals surface area contributed by atoms with E-state index >= 15 is 0 Å². The number of esters is 1. The number of carbonyl (C=O) groups is 1. The molecule has 0 radical (unpaired) electrons. The van der Waals surface area contributed by atoms with E-state index in [1.807, 2.05) is 0 Å². The molecule has 6 nitrogen and oxygen atoms in total. The average Bonchev–Trinajstić information content (AvgIpc) is 3.11. The van der Waals surface area contributed by atoms with E-state index in [0.29, 0.717) is 12.1 Å². The molecule has 2 rings (SSSR count). The van der Waals surface area contributed by atoms with Crippen LogP contribution < -0.4 is 0 Å². The number of benzene rings is 1. The van der Waals surface area contributed by atoms with E-state index in [2.05, 4.69) is 0 Å². The highest BCUT2D eigenvalue weighted by Crippen LogP contribution is 2.34. The van der Waals surface area contributed by atoms with E-state index < -0.39 is 32.6 Å². The fraction of sp³-hybridized carbons (Fsp3) is 0.353. The first kappa shape index (κ1) is 22.3. The van der Waals surface area contributed by atoms with Crippen LogP contribution in [0.5, 0.6) is 0 Å². The zero-order valence-electron chi connectivity index (χ0n) is 14.7. The van der Waals surface area contributed by atoms with E-state index in [1.54, 1.807) is 6.92 Å². The van der Waals surface area contributed by atoms with Crippen molar-refractivity contribution in [2.75, 3.05) is 13.2 Å². The van der Waals surface area contributed by atoms with Crippen molar-refractivity contribution in [3.05, 3.63) is 52.9 Å². The maximum Gasteiger partial charge on any atom is 0.416 e. The summed E-state index contributed by atoms with van der Waals surface area (Å²) in [7, 11) is -4.47. The van der Waals surface area contributed by atoms with Gasteiger partial charge in [-0.15, -0.1) is 0 Å². The summed E-state index contributed by atoms with van der Waals surface area (Å²) in [6, 6.07) is 5.06. The molecule has 1 heterocycles. The molecule has 0 saturated heterocycles. The molecule has 0 unspecified atom stereocenters. The molecule has 0 atom stereocenters. The Kier molecular flexibility index (Phi) is 7.13. The smallest absolute Gasteiger partial charge is 0.416 e. The number of rotatable bonds is 8. The molecule has 11 heteroatoms. The standard InChI is InChI=1S/C17H17ClF3NO5S/c1-2-26-16(23)7-8-22(11-13-4-3-9-27-13)28(24,25)15-10-12(17(19,20)21)5-6-14(15)18/h3-6,9-10H,2,7-8,11H2,1H3. The molecule has 0 bridgehead atoms. The van der Waals surface area contributed by atoms with Crippen LogP contribution >= 0.6 is 11.6 Å². The third-order valence-corrected chi connectivity index (χ3v) is 5.99. The Bertz CT molecular complexity index is 913. The first-order valence-corrected chi connectivity index (χ1v) is 9.92. The van der Waals surface area contributed by atoms with Crippen molar-refractivity contribution in [2.24, 2.45) is 0 Å². The van der Waals surface area contributed by atoms with E-state index in [1.165, 1.54) is 18.4 Å². The minimum Gasteiger partial charge on any atom is -0.468 e. The SMILES string of the molecule is CCOC(=O)CCN(Cc1ccco1)S(=O)(=O)c1cc(C(F)(F)F)ccc1Cl. The Hall–Kier alpha value is -2.04. The topological polar surface area (TPSA) is 76.8 Å². The summed E-state index contributed by atoms with van der Waals surface area (Å²) in [5, 5.41) is -0.367. The number of furan rings is 1. The second-order valence-corrected chi connectivity index (χ2v) is 7.93. The molecule has 0 aliphatic carbocycles. The molecular weight excluding hydrogens is 423 g/mol. The van der Waals surface area contributed by atoms with Crippen molar-refractivity contribution in [3.8, 4) is 0 Å². The van der Waals surface area contributed by atoms with Crippen LogP contribution in [0, 0.1) is 0 Å². The van der Waals surface area contributed by atoms with Crippen molar-refractivity contribution in [2.45, 2.75) is 31.0 Å². The van der Waals surface area contributed by atoms with Crippen molar-refractivity contribution >= 4 is 27.6 Å². The summed E-state index contributed by atoms with van der Waals surface area (Å²) in [4.78, 5) is 10.9. The van der Waals surface area contributed by atoms with Gasteiger partial charge in [0.05, 0.1) is 36.4 Å². The molecule has 1 aromatic heterocycles. The Morgan fingerprint density at radius 2 is 2.00 bits per heavy atom. The quantitative estimate of drug-likeness (QED) is 0.579. The number of hydrogen-bond acceptors (Lipinski definition) is 5. The van der Waals surface area contributed by atoms with Gasteiger partial charge in [0.1, 0.15) is 10.7 Å². The van der Waals surface area contributed by atoms with Crippen LogP contribution in [0.15, 0.2) is 45.9 Å². The van der Waals surface area contributed by atoms with Crippen LogP contribution in [0.25, 0.3) is 0 Å². The van der Waals surface area contributed by atoms with E-state index in [9.17, 15) is 26.4 Å². The first-order chi connectivity index (χ1) is 13.1. The third kappa shape index (κ3) is 5.49. The number of ether oxygens (including phenoxy) is 1. The van der Waals surface area contributed by atoms with Crippen LogP contribution in [0.2, 0.25) is 5.02 Å². The summed E-state index contributed by atoms with van der Waals surface area (Å²) in [6.45, 7) is 1.09. The molecule has 28 heavy (non-hydrogen) atoms. The minimum atomic E-state index is -4.74. The Labute approximate surface area is 164 Å². The summed E-state index contributed by atoms with van der Waals surface area (Å²) in [6.07, 6.45) is -3.71. The maximum absolute atomic E-state index is 13.0. The molecule has 0 N–H and O–H groups in total. The Morgan fingerprint density at radius 1 is 1.29 bits per heavy atom. The zero-order valence-corrected chi connectivity index (χ0v) is 16.3. The second kappa shape index (κ2) is 8.97. The lowest BCUT2D eigenvalue weighted by Gasteiger charge is -2.22. The fourth-order valence-electron chi connectivity index (χ4n) is 2.33. The van der Waals surface area contributed by atoms with Crippen molar-refractivity contribution in [3.63, 3.8) is 0 Å². The highest BCUT2D eigenvalue weighted by molar-refractivity contribution is 7.89. The highest BCUT2D eigenvalue weighted by Gasteiger charge is 2.34. The Morgan fingerprint density at radius 3 is 2.57 bits per heavy atom. The first-order valence-electron chi connectivity index (χ1n) is 8.10. The number of carbonyl (C=O) groups excluding carboxylic acids is 1. The lowest BCUT2D eigenvalue weighted by molar-refractivity contribution is -0.143. The largest absolute Gasteiger partial charge is 0.468 e. The third-order valence-electron chi connectivity index (χ3n) is 3.66. The van der Waals surface area contributed by atoms with Crippen LogP contribution in [-0.4, -0.2) is 31.8 Å². The monoisotopic (exact) mass is 439 g/mol. The molecule has 0 aliphatic heterocycles. The summed E-state index contributed by atoms with van der Waals surface area (Å²) in [5.41, 5.74) is -1.15. The van der Waals surface area contributed by atoms with Crippen LogP contribution in [0.3, 0.4) is 0 Å². The van der Waals surface area contributed by atoms with Gasteiger partial charge in [-0.2, -0.15) is 17.5 Å². The number of nitrogens with zero attached hydrogens (tertiary/aromatic N) is 1. The van der Waals surface area contributed by atoms with Crippen molar-refractivity contribution in [1.29, 1.82) is 0 Å². The maximum atomic E-state index is 13.0. The van der Waals surface area contributed by atoms with Gasteiger partial charge in [-0.3, -0.25) is 4.79 Å². The number of alkyl halides is 3. The van der Waals surface area contributed by atoms with Gasteiger partial charge in [-0.25, -0.2) is 8.42 Å². The van der Waals surface area contributed by atoms with Crippen LogP contribution in [-0.2, 0) is 32.3 Å². The highest BCUT2D eigenvalue weighted by atomic mass is 35.5. The van der Waals surface area contributed by atoms with Crippen molar-refractivity contribution < 1.29 is 35.5 Å². The number of sulfonamides is 1. The van der Waals surface area contributed by atoms with Crippen LogP contribution in [0.1, 0.15) is 24.7 Å². The fourth-order valence-corrected chi connectivity index (χ4v) is 4.23. The van der Waals surface area contributed by atoms with Gasteiger partial charge in [-0.1, -0.05) is 11.6 Å². The van der Waals surface area contributed by atoms with Crippen LogP contribution in [0.4, 0.5) is 13.2 Å². The molecule has 0 spiro atoms. The molecule has 1 aromatic carbocycles. The second-order valence-electron chi connectivity index (χ2n) is 5.62. The van der Waals surface area contributed by atoms with Gasteiger partial charge in [0.25, 0.3) is 0 Å². The van der Waals surface area contributed by atoms with E-state index in [0.717, 1.165) is 10.4 Å². The molecule has 0 fully saturated rings. The van der Waals surface area contributed by atoms with Gasteiger partial charge < -0.3 is 9.15 Å². The number of halogens is 4. The molecule has 2 aromatic rings. The van der Waals surface area contributed by atoms with Gasteiger partial charge in [0.15, 0.2) is 0 Å². The lowest BCUT2D eigenvalue weighted by Crippen LogP contribution is -2.33.